The highest BCUT2D eigenvalue weighted by Crippen LogP contribution is 2.08. The van der Waals surface area contributed by atoms with Gasteiger partial charge >= 0.3 is 0 Å². The van der Waals surface area contributed by atoms with E-state index in [4.69, 9.17) is 5.73 Å². The summed E-state index contributed by atoms with van der Waals surface area (Å²) in [6.07, 6.45) is 5.01. The number of aromatic nitrogens is 1. The molecule has 0 spiro atoms. The lowest BCUT2D eigenvalue weighted by atomic mass is 10.0. The third-order valence-corrected chi connectivity index (χ3v) is 2.31. The molecule has 1 aromatic rings. The zero-order chi connectivity index (χ0) is 10.4. The van der Waals surface area contributed by atoms with E-state index in [9.17, 15) is 0 Å². The summed E-state index contributed by atoms with van der Waals surface area (Å²) in [5.74, 6) is 0.741. The maximum absolute atomic E-state index is 6.01. The summed E-state index contributed by atoms with van der Waals surface area (Å²) in [6, 6.07) is 6.24. The van der Waals surface area contributed by atoms with Crippen molar-refractivity contribution in [3.05, 3.63) is 30.1 Å². The van der Waals surface area contributed by atoms with E-state index in [1.54, 1.807) is 0 Å². The average molecular weight is 192 g/mol. The molecular formula is C12H20N2. The number of rotatable bonds is 5. The van der Waals surface area contributed by atoms with Crippen LogP contribution in [0.15, 0.2) is 24.4 Å². The van der Waals surface area contributed by atoms with Crippen molar-refractivity contribution in [1.82, 2.24) is 4.98 Å². The summed E-state index contributed by atoms with van der Waals surface area (Å²) >= 11 is 0. The number of nitrogens with zero attached hydrogens (tertiary/aromatic N) is 1. The van der Waals surface area contributed by atoms with Crippen LogP contribution in [0.2, 0.25) is 0 Å². The van der Waals surface area contributed by atoms with Gasteiger partial charge < -0.3 is 5.73 Å². The maximum atomic E-state index is 6.01. The molecule has 0 amide bonds. The van der Waals surface area contributed by atoms with Crippen LogP contribution >= 0.6 is 0 Å². The summed E-state index contributed by atoms with van der Waals surface area (Å²) in [7, 11) is 0. The Bertz CT molecular complexity index is 244. The topological polar surface area (TPSA) is 38.9 Å². The molecule has 1 unspecified atom stereocenters. The molecule has 0 saturated carbocycles. The van der Waals surface area contributed by atoms with Gasteiger partial charge in [0.05, 0.1) is 0 Å². The fraction of sp³-hybridized carbons (Fsp3) is 0.583. The zero-order valence-corrected chi connectivity index (χ0v) is 9.11. The van der Waals surface area contributed by atoms with Crippen molar-refractivity contribution in [3.63, 3.8) is 0 Å². The molecule has 2 N–H and O–H groups in total. The standard InChI is InChI=1S/C12H20N2/c1-10(2)6-7-11(13)9-12-5-3-4-8-14-12/h3-5,8,10-11H,6-7,9,13H2,1-2H3. The van der Waals surface area contributed by atoms with Gasteiger partial charge in [-0.15, -0.1) is 0 Å². The monoisotopic (exact) mass is 192 g/mol. The van der Waals surface area contributed by atoms with Gasteiger partial charge in [-0.2, -0.15) is 0 Å². The molecule has 0 aliphatic carbocycles. The molecule has 14 heavy (non-hydrogen) atoms. The minimum Gasteiger partial charge on any atom is -0.327 e. The van der Waals surface area contributed by atoms with E-state index in [2.05, 4.69) is 18.8 Å². The van der Waals surface area contributed by atoms with Gasteiger partial charge in [0, 0.05) is 24.4 Å². The summed E-state index contributed by atoms with van der Waals surface area (Å²) in [5.41, 5.74) is 7.11. The van der Waals surface area contributed by atoms with Crippen molar-refractivity contribution in [2.24, 2.45) is 11.7 Å². The van der Waals surface area contributed by atoms with E-state index >= 15 is 0 Å². The maximum Gasteiger partial charge on any atom is 0.0419 e. The van der Waals surface area contributed by atoms with Crippen molar-refractivity contribution in [2.45, 2.75) is 39.2 Å². The third-order valence-electron chi connectivity index (χ3n) is 2.31. The van der Waals surface area contributed by atoms with Gasteiger partial charge in [0.25, 0.3) is 0 Å². The molecule has 2 heteroatoms. The summed E-state index contributed by atoms with van der Waals surface area (Å²) in [5, 5.41) is 0. The van der Waals surface area contributed by atoms with Gasteiger partial charge in [0.15, 0.2) is 0 Å². The molecule has 1 rings (SSSR count). The summed E-state index contributed by atoms with van der Waals surface area (Å²) in [6.45, 7) is 4.46. The average Bonchev–Trinajstić information content (AvgIpc) is 2.16. The van der Waals surface area contributed by atoms with Gasteiger partial charge in [-0.25, -0.2) is 0 Å². The summed E-state index contributed by atoms with van der Waals surface area (Å²) in [4.78, 5) is 4.27. The molecular weight excluding hydrogens is 172 g/mol. The second-order valence-electron chi connectivity index (χ2n) is 4.26. The third kappa shape index (κ3) is 4.38. The number of hydrogen-bond donors (Lipinski definition) is 1. The second kappa shape index (κ2) is 5.76. The van der Waals surface area contributed by atoms with Crippen LogP contribution in [0.25, 0.3) is 0 Å². The van der Waals surface area contributed by atoms with Crippen molar-refractivity contribution < 1.29 is 0 Å². The fourth-order valence-corrected chi connectivity index (χ4v) is 1.44. The van der Waals surface area contributed by atoms with Gasteiger partial charge in [0.1, 0.15) is 0 Å². The number of pyridine rings is 1. The molecule has 0 fully saturated rings. The van der Waals surface area contributed by atoms with Crippen LogP contribution in [-0.2, 0) is 6.42 Å². The lowest BCUT2D eigenvalue weighted by Gasteiger charge is -2.12. The van der Waals surface area contributed by atoms with Gasteiger partial charge in [0.2, 0.25) is 0 Å². The minimum atomic E-state index is 0.257. The highest BCUT2D eigenvalue weighted by Gasteiger charge is 2.05. The molecule has 0 aliphatic heterocycles. The Labute approximate surface area is 86.5 Å². The smallest absolute Gasteiger partial charge is 0.0419 e. The van der Waals surface area contributed by atoms with Crippen LogP contribution in [0.3, 0.4) is 0 Å². The Morgan fingerprint density at radius 1 is 1.29 bits per heavy atom. The van der Waals surface area contributed by atoms with Crippen LogP contribution in [0.5, 0.6) is 0 Å². The lowest BCUT2D eigenvalue weighted by Crippen LogP contribution is -2.23. The van der Waals surface area contributed by atoms with E-state index in [1.807, 2.05) is 24.4 Å². The highest BCUT2D eigenvalue weighted by molar-refractivity contribution is 5.04. The molecule has 1 aromatic heterocycles. The molecule has 1 heterocycles. The normalized spacial score (nSPS) is 13.1. The van der Waals surface area contributed by atoms with Crippen molar-refractivity contribution >= 4 is 0 Å². The van der Waals surface area contributed by atoms with Crippen LogP contribution in [0.4, 0.5) is 0 Å². The predicted molar refractivity (Wildman–Crippen MR) is 60.0 cm³/mol. The predicted octanol–water partition coefficient (Wildman–Crippen LogP) is 2.39. The van der Waals surface area contributed by atoms with E-state index in [1.165, 1.54) is 6.42 Å². The number of hydrogen-bond acceptors (Lipinski definition) is 2. The fourth-order valence-electron chi connectivity index (χ4n) is 1.44. The van der Waals surface area contributed by atoms with Gasteiger partial charge in [-0.3, -0.25) is 4.98 Å². The SMILES string of the molecule is CC(C)CCC(N)Cc1ccccn1. The Hall–Kier alpha value is -0.890. The van der Waals surface area contributed by atoms with Crippen LogP contribution < -0.4 is 5.73 Å². The Balaban J connectivity index is 2.30. The molecule has 78 valence electrons. The number of nitrogens with two attached hydrogens (primary N) is 1. The molecule has 0 aliphatic rings. The Morgan fingerprint density at radius 3 is 2.64 bits per heavy atom. The molecule has 0 bridgehead atoms. The van der Waals surface area contributed by atoms with Gasteiger partial charge in [-0.1, -0.05) is 19.9 Å². The van der Waals surface area contributed by atoms with E-state index in [0.29, 0.717) is 0 Å². The molecule has 0 aromatic carbocycles. The van der Waals surface area contributed by atoms with E-state index < -0.39 is 0 Å². The highest BCUT2D eigenvalue weighted by atomic mass is 14.7. The minimum absolute atomic E-state index is 0.257. The first-order valence-electron chi connectivity index (χ1n) is 5.34. The largest absolute Gasteiger partial charge is 0.327 e. The first-order chi connectivity index (χ1) is 6.68. The zero-order valence-electron chi connectivity index (χ0n) is 9.11. The summed E-state index contributed by atoms with van der Waals surface area (Å²) < 4.78 is 0. The second-order valence-corrected chi connectivity index (χ2v) is 4.26. The molecule has 2 nitrogen and oxygen atoms in total. The Morgan fingerprint density at radius 2 is 2.07 bits per heavy atom. The van der Waals surface area contributed by atoms with Crippen LogP contribution in [-0.4, -0.2) is 11.0 Å². The first-order valence-corrected chi connectivity index (χ1v) is 5.34. The van der Waals surface area contributed by atoms with Crippen molar-refractivity contribution in [1.29, 1.82) is 0 Å². The van der Waals surface area contributed by atoms with Crippen molar-refractivity contribution in [3.8, 4) is 0 Å². The quantitative estimate of drug-likeness (QED) is 0.778. The van der Waals surface area contributed by atoms with E-state index in [0.717, 1.165) is 24.5 Å². The Kier molecular flexibility index (Phi) is 4.60. The molecule has 0 radical (unpaired) electrons. The van der Waals surface area contributed by atoms with E-state index in [-0.39, 0.29) is 6.04 Å². The van der Waals surface area contributed by atoms with Crippen molar-refractivity contribution in [2.75, 3.05) is 0 Å². The lowest BCUT2D eigenvalue weighted by molar-refractivity contribution is 0.492. The molecule has 1 atom stereocenters. The van der Waals surface area contributed by atoms with Crippen LogP contribution in [0.1, 0.15) is 32.4 Å². The van der Waals surface area contributed by atoms with Gasteiger partial charge in [-0.05, 0) is 30.9 Å². The first kappa shape index (κ1) is 11.2. The van der Waals surface area contributed by atoms with Crippen LogP contribution in [0, 0.1) is 5.92 Å². The molecule has 0 saturated heterocycles.